The Kier molecular flexibility index (Phi) is 46.5. The molecule has 0 aromatic heterocycles. The topological polar surface area (TPSA) is 123 Å². The van der Waals surface area contributed by atoms with Crippen molar-refractivity contribution < 1.29 is 19.8 Å². The lowest BCUT2D eigenvalue weighted by atomic mass is 10.0. The number of carboxylic acids is 1. The lowest BCUT2D eigenvalue weighted by molar-refractivity contribution is -0.137. The first kappa shape index (κ1) is 52.6. The molecular weight excluding hydrogens is 673 g/mol. The molecule has 1 amide bonds. The van der Waals surface area contributed by atoms with Crippen LogP contribution >= 0.6 is 0 Å². The van der Waals surface area contributed by atoms with Crippen LogP contribution in [-0.2, 0) is 4.79 Å². The van der Waals surface area contributed by atoms with Crippen LogP contribution in [0, 0.1) is 0 Å². The van der Waals surface area contributed by atoms with Crippen LogP contribution in [0.3, 0.4) is 0 Å². The highest BCUT2D eigenvalue weighted by Crippen LogP contribution is 2.18. The Labute approximate surface area is 335 Å². The van der Waals surface area contributed by atoms with E-state index >= 15 is 0 Å². The molecule has 0 heterocycles. The van der Waals surface area contributed by atoms with Gasteiger partial charge in [-0.1, -0.05) is 257 Å². The molecular formula is C46H94N4O4. The van der Waals surface area contributed by atoms with Gasteiger partial charge in [0.2, 0.25) is 0 Å². The molecule has 0 saturated heterocycles. The van der Waals surface area contributed by atoms with Crippen LogP contribution in [0.4, 0.5) is 4.79 Å². The van der Waals surface area contributed by atoms with E-state index in [0.717, 1.165) is 25.8 Å². The summed E-state index contributed by atoms with van der Waals surface area (Å²) >= 11 is 0. The number of nitrogens with one attached hydrogen (secondary N) is 4. The molecule has 0 aromatic rings. The summed E-state index contributed by atoms with van der Waals surface area (Å²) in [6.07, 6.45) is 57.4. The zero-order valence-corrected chi connectivity index (χ0v) is 35.8. The molecule has 54 heavy (non-hydrogen) atoms. The molecule has 0 aliphatic heterocycles. The molecule has 0 spiro atoms. The van der Waals surface area contributed by atoms with E-state index in [2.05, 4.69) is 16.5 Å². The summed E-state index contributed by atoms with van der Waals surface area (Å²) in [6, 6.07) is 0. The third-order valence-corrected chi connectivity index (χ3v) is 11.3. The molecule has 0 fully saturated rings. The monoisotopic (exact) mass is 767 g/mol. The van der Waals surface area contributed by atoms with Gasteiger partial charge in [0.25, 0.3) is 0 Å². The fourth-order valence-electron chi connectivity index (χ4n) is 7.75. The maximum absolute atomic E-state index is 10.5. The normalized spacial score (nSPS) is 11.4. The largest absolute Gasteiger partial charge is 0.481 e. The Bertz CT molecular complexity index is 682. The van der Waals surface area contributed by atoms with E-state index in [9.17, 15) is 9.59 Å². The van der Waals surface area contributed by atoms with Crippen LogP contribution in [0.2, 0.25) is 0 Å². The van der Waals surface area contributed by atoms with E-state index in [1.165, 1.54) is 250 Å². The zero-order chi connectivity index (χ0) is 39.1. The molecule has 0 aliphatic rings. The Hall–Kier alpha value is -1.38. The number of carboxylic acid groups (broad SMARTS) is 2. The third-order valence-electron chi connectivity index (χ3n) is 11.3. The number of unbranched alkanes of at least 4 members (excludes halogenated alkanes) is 41. The molecule has 322 valence electrons. The van der Waals surface area contributed by atoms with Gasteiger partial charge in [0, 0.05) is 13.0 Å². The Morgan fingerprint density at radius 3 is 0.685 bits per heavy atom. The fourth-order valence-corrected chi connectivity index (χ4v) is 7.75. The first-order valence-corrected chi connectivity index (χ1v) is 24.1. The molecule has 8 nitrogen and oxygen atoms in total. The Morgan fingerprint density at radius 1 is 0.278 bits per heavy atom. The van der Waals surface area contributed by atoms with Crippen molar-refractivity contribution in [2.45, 2.75) is 276 Å². The van der Waals surface area contributed by atoms with E-state index in [1.54, 1.807) is 0 Å². The Morgan fingerprint density at radius 2 is 0.481 bits per heavy atom. The van der Waals surface area contributed by atoms with Crippen molar-refractivity contribution in [3.63, 3.8) is 0 Å². The first-order chi connectivity index (χ1) is 26.6. The van der Waals surface area contributed by atoms with Crippen LogP contribution in [0.25, 0.3) is 0 Å². The van der Waals surface area contributed by atoms with Gasteiger partial charge < -0.3 is 10.2 Å². The molecule has 0 aromatic carbocycles. The number of rotatable bonds is 48. The summed E-state index contributed by atoms with van der Waals surface area (Å²) < 4.78 is 0. The van der Waals surface area contributed by atoms with Crippen molar-refractivity contribution in [2.24, 2.45) is 0 Å². The van der Waals surface area contributed by atoms with Crippen molar-refractivity contribution >= 4 is 12.1 Å². The van der Waals surface area contributed by atoms with Crippen molar-refractivity contribution in [3.05, 3.63) is 0 Å². The van der Waals surface area contributed by atoms with Gasteiger partial charge in [-0.05, 0) is 12.8 Å². The predicted molar refractivity (Wildman–Crippen MR) is 232 cm³/mol. The van der Waals surface area contributed by atoms with Crippen LogP contribution in [0.1, 0.15) is 276 Å². The summed E-state index contributed by atoms with van der Waals surface area (Å²) in [7, 11) is 0. The van der Waals surface area contributed by atoms with E-state index in [-0.39, 0.29) is 0 Å². The van der Waals surface area contributed by atoms with E-state index in [0.29, 0.717) is 6.42 Å². The average molecular weight is 767 g/mol. The second-order valence-electron chi connectivity index (χ2n) is 16.6. The van der Waals surface area contributed by atoms with Gasteiger partial charge in [0.1, 0.15) is 0 Å². The maximum Gasteiger partial charge on any atom is 0.420 e. The minimum atomic E-state index is -1.11. The summed E-state index contributed by atoms with van der Waals surface area (Å²) in [5, 5.41) is 17.1. The van der Waals surface area contributed by atoms with Crippen molar-refractivity contribution in [1.29, 1.82) is 0 Å². The molecule has 0 atom stereocenters. The zero-order valence-electron chi connectivity index (χ0n) is 35.8. The number of amides is 1. The van der Waals surface area contributed by atoms with E-state index in [1.807, 2.05) is 5.43 Å². The second-order valence-corrected chi connectivity index (χ2v) is 16.6. The molecule has 8 heteroatoms. The number of carbonyl (C=O) groups is 2. The third kappa shape index (κ3) is 50.6. The van der Waals surface area contributed by atoms with Gasteiger partial charge in [-0.3, -0.25) is 4.79 Å². The van der Waals surface area contributed by atoms with Gasteiger partial charge in [-0.15, -0.1) is 0 Å². The highest BCUT2D eigenvalue weighted by Gasteiger charge is 2.00. The highest BCUT2D eigenvalue weighted by atomic mass is 16.4. The second kappa shape index (κ2) is 47.8. The first-order valence-electron chi connectivity index (χ1n) is 24.1. The predicted octanol–water partition coefficient (Wildman–Crippen LogP) is 14.6. The molecule has 0 unspecified atom stereocenters. The summed E-state index contributed by atoms with van der Waals surface area (Å²) in [6.45, 7) is 0.823. The Balaban J connectivity index is 3.06. The number of hydrazine groups is 3. The van der Waals surface area contributed by atoms with Gasteiger partial charge >= 0.3 is 12.1 Å². The molecule has 0 saturated carbocycles. The molecule has 0 aliphatic carbocycles. The van der Waals surface area contributed by atoms with E-state index in [4.69, 9.17) is 10.2 Å². The van der Waals surface area contributed by atoms with E-state index < -0.39 is 12.1 Å². The summed E-state index contributed by atoms with van der Waals surface area (Å²) in [5.74, 6) is -0.651. The fraction of sp³-hybridized carbons (Fsp3) is 0.957. The lowest BCUT2D eigenvalue weighted by Crippen LogP contribution is -2.52. The number of hydrogen-bond donors (Lipinski definition) is 6. The van der Waals surface area contributed by atoms with Crippen molar-refractivity contribution in [3.8, 4) is 0 Å². The van der Waals surface area contributed by atoms with Gasteiger partial charge in [0.15, 0.2) is 0 Å². The van der Waals surface area contributed by atoms with Gasteiger partial charge in [0.05, 0.1) is 0 Å². The standard InChI is InChI=1S/C46H94N4O4/c51-45(52)43-41-39-37-35-33-31-29-27-25-23-21-19-17-15-13-11-9-7-5-3-1-2-4-6-8-10-12-14-16-18-20-22-24-26-28-30-32-34-36-38-40-42-44-47-49-50-48-46(53)54/h47-50H,1-44H2,(H,51,52)(H,53,54). The average Bonchev–Trinajstić information content (AvgIpc) is 3.15. The molecule has 0 radical (unpaired) electrons. The summed E-state index contributed by atoms with van der Waals surface area (Å²) in [5.41, 5.74) is 9.90. The highest BCUT2D eigenvalue weighted by molar-refractivity contribution is 5.66. The lowest BCUT2D eigenvalue weighted by Gasteiger charge is -2.07. The molecule has 6 N–H and O–H groups in total. The molecule has 0 bridgehead atoms. The van der Waals surface area contributed by atoms with Gasteiger partial charge in [-0.25, -0.2) is 15.6 Å². The van der Waals surface area contributed by atoms with Crippen molar-refractivity contribution in [1.82, 2.24) is 21.9 Å². The SMILES string of the molecule is O=C(O)CCCCCCCCCCCCCCCCCCCCCCCCCCCCCCCCCCCCCCCCCCCCNNNNC(=O)O. The molecule has 0 rings (SSSR count). The van der Waals surface area contributed by atoms with Crippen molar-refractivity contribution in [2.75, 3.05) is 6.54 Å². The minimum absolute atomic E-state index is 0.341. The maximum atomic E-state index is 10.5. The van der Waals surface area contributed by atoms with Crippen LogP contribution < -0.4 is 21.9 Å². The van der Waals surface area contributed by atoms with Crippen LogP contribution in [0.5, 0.6) is 0 Å². The quantitative estimate of drug-likeness (QED) is 0.0269. The number of aliphatic carboxylic acids is 1. The summed E-state index contributed by atoms with van der Waals surface area (Å²) in [4.78, 5) is 20.8. The minimum Gasteiger partial charge on any atom is -0.481 e. The van der Waals surface area contributed by atoms with Crippen LogP contribution in [0.15, 0.2) is 0 Å². The number of hydrogen-bond acceptors (Lipinski definition) is 5. The van der Waals surface area contributed by atoms with Gasteiger partial charge in [-0.2, -0.15) is 11.1 Å². The van der Waals surface area contributed by atoms with Crippen LogP contribution in [-0.4, -0.2) is 28.8 Å². The smallest absolute Gasteiger partial charge is 0.420 e.